The molecule has 0 N–H and O–H groups in total. The van der Waals surface area contributed by atoms with Gasteiger partial charge < -0.3 is 0 Å². The van der Waals surface area contributed by atoms with Crippen LogP contribution in [0.2, 0.25) is 5.02 Å². The number of nitrogens with zero attached hydrogens (tertiary/aromatic N) is 3. The highest BCUT2D eigenvalue weighted by atomic mass is 35.5. The van der Waals surface area contributed by atoms with Crippen LogP contribution in [0.15, 0.2) is 18.3 Å². The molecule has 1 saturated carbocycles. The molecule has 3 nitrogen and oxygen atoms in total. The topological polar surface area (TPSA) is 30.2 Å². The van der Waals surface area contributed by atoms with Crippen LogP contribution in [0, 0.1) is 0 Å². The van der Waals surface area contributed by atoms with Crippen molar-refractivity contribution in [3.05, 3.63) is 29.2 Å². The molecule has 4 heteroatoms. The van der Waals surface area contributed by atoms with Crippen LogP contribution in [0.25, 0.3) is 5.65 Å². The van der Waals surface area contributed by atoms with Gasteiger partial charge in [0.05, 0.1) is 5.02 Å². The molecule has 0 radical (unpaired) electrons. The molecule has 1 fully saturated rings. The van der Waals surface area contributed by atoms with Crippen molar-refractivity contribution in [2.24, 2.45) is 0 Å². The smallest absolute Gasteiger partial charge is 0.179 e. The van der Waals surface area contributed by atoms with Gasteiger partial charge in [0.25, 0.3) is 0 Å². The minimum absolute atomic E-state index is 0.587. The molecule has 2 heterocycles. The van der Waals surface area contributed by atoms with Crippen molar-refractivity contribution in [1.82, 2.24) is 14.6 Å². The third-order valence-electron chi connectivity index (χ3n) is 2.88. The van der Waals surface area contributed by atoms with Crippen LogP contribution in [0.4, 0.5) is 0 Å². The predicted octanol–water partition coefficient (Wildman–Crippen LogP) is 2.65. The van der Waals surface area contributed by atoms with Gasteiger partial charge in [-0.15, -0.1) is 10.2 Å². The standard InChI is InChI=1S/C10H10ClN3/c11-8-5-2-6-14-9(7-3-1-4-7)12-13-10(8)14/h2,5-7H,1,3-4H2. The fraction of sp³-hybridized carbons (Fsp3) is 0.400. The highest BCUT2D eigenvalue weighted by Gasteiger charge is 2.24. The molecule has 1 aliphatic carbocycles. The SMILES string of the molecule is Clc1cccn2c(C3CCC3)nnc12. The number of pyridine rings is 1. The lowest BCUT2D eigenvalue weighted by atomic mass is 9.85. The lowest BCUT2D eigenvalue weighted by Gasteiger charge is -2.23. The van der Waals surface area contributed by atoms with E-state index in [2.05, 4.69) is 10.2 Å². The van der Waals surface area contributed by atoms with Crippen LogP contribution in [0.3, 0.4) is 0 Å². The number of fused-ring (bicyclic) bond motifs is 1. The van der Waals surface area contributed by atoms with E-state index >= 15 is 0 Å². The number of rotatable bonds is 1. The Morgan fingerprint density at radius 2 is 2.21 bits per heavy atom. The van der Waals surface area contributed by atoms with E-state index in [1.165, 1.54) is 19.3 Å². The van der Waals surface area contributed by atoms with Gasteiger partial charge in [0.15, 0.2) is 5.65 Å². The van der Waals surface area contributed by atoms with E-state index in [0.717, 1.165) is 11.5 Å². The van der Waals surface area contributed by atoms with Crippen molar-refractivity contribution in [3.63, 3.8) is 0 Å². The molecule has 2 aromatic rings. The molecule has 0 unspecified atom stereocenters. The zero-order chi connectivity index (χ0) is 9.54. The zero-order valence-electron chi connectivity index (χ0n) is 7.65. The van der Waals surface area contributed by atoms with Crippen molar-refractivity contribution in [1.29, 1.82) is 0 Å². The van der Waals surface area contributed by atoms with Gasteiger partial charge in [-0.3, -0.25) is 4.40 Å². The summed E-state index contributed by atoms with van der Waals surface area (Å²) in [6.45, 7) is 0. The Bertz CT molecular complexity index is 473. The quantitative estimate of drug-likeness (QED) is 0.720. The summed E-state index contributed by atoms with van der Waals surface area (Å²) in [6, 6.07) is 3.77. The Morgan fingerprint density at radius 1 is 1.36 bits per heavy atom. The first-order valence-corrected chi connectivity index (χ1v) is 5.23. The fourth-order valence-electron chi connectivity index (χ4n) is 1.85. The summed E-state index contributed by atoms with van der Waals surface area (Å²) >= 11 is 6.01. The Morgan fingerprint density at radius 3 is 2.93 bits per heavy atom. The number of halogens is 1. The third-order valence-corrected chi connectivity index (χ3v) is 3.18. The van der Waals surface area contributed by atoms with Crippen LogP contribution in [0.5, 0.6) is 0 Å². The summed E-state index contributed by atoms with van der Waals surface area (Å²) in [6.07, 6.45) is 5.75. The Labute approximate surface area is 86.7 Å². The molecule has 0 aromatic carbocycles. The van der Waals surface area contributed by atoms with E-state index in [4.69, 9.17) is 11.6 Å². The summed E-state index contributed by atoms with van der Waals surface area (Å²) in [5.74, 6) is 1.65. The normalized spacial score (nSPS) is 17.2. The van der Waals surface area contributed by atoms with E-state index in [-0.39, 0.29) is 0 Å². The second-order valence-electron chi connectivity index (χ2n) is 3.74. The molecule has 0 bridgehead atoms. The molecule has 1 aliphatic rings. The third kappa shape index (κ3) is 1.05. The van der Waals surface area contributed by atoms with Crippen LogP contribution in [-0.4, -0.2) is 14.6 Å². The molecule has 2 aromatic heterocycles. The van der Waals surface area contributed by atoms with Crippen molar-refractivity contribution in [2.75, 3.05) is 0 Å². The van der Waals surface area contributed by atoms with Crippen molar-refractivity contribution >= 4 is 17.2 Å². The zero-order valence-corrected chi connectivity index (χ0v) is 8.41. The molecular weight excluding hydrogens is 198 g/mol. The first-order chi connectivity index (χ1) is 6.86. The van der Waals surface area contributed by atoms with Crippen molar-refractivity contribution in [2.45, 2.75) is 25.2 Å². The van der Waals surface area contributed by atoms with Crippen LogP contribution < -0.4 is 0 Å². The number of hydrogen-bond donors (Lipinski definition) is 0. The maximum Gasteiger partial charge on any atom is 0.179 e. The minimum atomic E-state index is 0.587. The monoisotopic (exact) mass is 207 g/mol. The molecule has 0 saturated heterocycles. The van der Waals surface area contributed by atoms with E-state index in [1.54, 1.807) is 0 Å². The Hall–Kier alpha value is -1.09. The van der Waals surface area contributed by atoms with E-state index in [9.17, 15) is 0 Å². The first kappa shape index (κ1) is 8.24. The first-order valence-electron chi connectivity index (χ1n) is 4.85. The van der Waals surface area contributed by atoms with Gasteiger partial charge in [0.1, 0.15) is 5.82 Å². The molecule has 0 spiro atoms. The Balaban J connectivity index is 2.20. The van der Waals surface area contributed by atoms with E-state index < -0.39 is 0 Å². The summed E-state index contributed by atoms with van der Waals surface area (Å²) < 4.78 is 2.01. The molecule has 0 aliphatic heterocycles. The molecule has 0 atom stereocenters. The average Bonchev–Trinajstić information content (AvgIpc) is 2.48. The van der Waals surface area contributed by atoms with Gasteiger partial charge in [0, 0.05) is 12.1 Å². The van der Waals surface area contributed by atoms with Crippen LogP contribution in [0.1, 0.15) is 31.0 Å². The molecule has 72 valence electrons. The number of aromatic nitrogens is 3. The maximum absolute atomic E-state index is 6.01. The van der Waals surface area contributed by atoms with Crippen molar-refractivity contribution < 1.29 is 0 Å². The molecular formula is C10H10ClN3. The van der Waals surface area contributed by atoms with Gasteiger partial charge >= 0.3 is 0 Å². The molecule has 14 heavy (non-hydrogen) atoms. The second kappa shape index (κ2) is 2.95. The fourth-order valence-corrected chi connectivity index (χ4v) is 2.05. The second-order valence-corrected chi connectivity index (χ2v) is 4.14. The highest BCUT2D eigenvalue weighted by molar-refractivity contribution is 6.33. The summed E-state index contributed by atoms with van der Waals surface area (Å²) in [5, 5.41) is 8.98. The highest BCUT2D eigenvalue weighted by Crippen LogP contribution is 2.35. The lowest BCUT2D eigenvalue weighted by Crippen LogP contribution is -2.12. The average molecular weight is 208 g/mol. The lowest BCUT2D eigenvalue weighted by molar-refractivity contribution is 0.399. The van der Waals surface area contributed by atoms with Crippen molar-refractivity contribution in [3.8, 4) is 0 Å². The molecule has 3 rings (SSSR count). The molecule has 0 amide bonds. The van der Waals surface area contributed by atoms with Gasteiger partial charge in [-0.25, -0.2) is 0 Å². The Kier molecular flexibility index (Phi) is 1.74. The van der Waals surface area contributed by atoms with Gasteiger partial charge in [-0.05, 0) is 25.0 Å². The van der Waals surface area contributed by atoms with E-state index in [1.807, 2.05) is 22.7 Å². The largest absolute Gasteiger partial charge is 0.285 e. The van der Waals surface area contributed by atoms with E-state index in [0.29, 0.717) is 10.9 Å². The predicted molar refractivity (Wildman–Crippen MR) is 54.6 cm³/mol. The summed E-state index contributed by atoms with van der Waals surface area (Å²) in [4.78, 5) is 0. The van der Waals surface area contributed by atoms with Gasteiger partial charge in [0.2, 0.25) is 0 Å². The maximum atomic E-state index is 6.01. The minimum Gasteiger partial charge on any atom is -0.285 e. The number of hydrogen-bond acceptors (Lipinski definition) is 2. The van der Waals surface area contributed by atoms with Crippen LogP contribution >= 0.6 is 11.6 Å². The van der Waals surface area contributed by atoms with Crippen LogP contribution in [-0.2, 0) is 0 Å². The van der Waals surface area contributed by atoms with Gasteiger partial charge in [-0.2, -0.15) is 0 Å². The van der Waals surface area contributed by atoms with Gasteiger partial charge in [-0.1, -0.05) is 18.0 Å². The summed E-state index contributed by atoms with van der Waals surface area (Å²) in [7, 11) is 0. The summed E-state index contributed by atoms with van der Waals surface area (Å²) in [5.41, 5.74) is 0.774.